The van der Waals surface area contributed by atoms with Gasteiger partial charge in [-0.25, -0.2) is 10.5 Å². The third kappa shape index (κ3) is 5.34. The van der Waals surface area contributed by atoms with Crippen molar-refractivity contribution in [2.24, 2.45) is 0 Å². The highest BCUT2D eigenvalue weighted by molar-refractivity contribution is 5.88. The zero-order valence-electron chi connectivity index (χ0n) is 19.3. The molecule has 0 aliphatic carbocycles. The van der Waals surface area contributed by atoms with Gasteiger partial charge in [0.05, 0.1) is 0 Å². The van der Waals surface area contributed by atoms with Crippen molar-refractivity contribution in [2.75, 3.05) is 25.0 Å². The fourth-order valence-electron chi connectivity index (χ4n) is 3.91. The van der Waals surface area contributed by atoms with E-state index in [0.717, 1.165) is 6.42 Å². The highest BCUT2D eigenvalue weighted by Crippen LogP contribution is 2.22. The molecular weight excluding hydrogens is 434 g/mol. The van der Waals surface area contributed by atoms with Crippen molar-refractivity contribution >= 4 is 28.5 Å². The number of aryl methyl sites for hydroxylation is 2. The fraction of sp³-hybridized carbons (Fsp3) is 0.333. The molecule has 0 bridgehead atoms. The average Bonchev–Trinajstić information content (AvgIpc) is 2.84. The number of hydrogen-bond donors (Lipinski definition) is 5. The van der Waals surface area contributed by atoms with Gasteiger partial charge in [-0.3, -0.25) is 24.4 Å². The number of carbonyl (C=O) groups excluding carboxylic acids is 1. The first kappa shape index (κ1) is 23.2. The molecule has 10 nitrogen and oxygen atoms in total. The molecule has 5 N–H and O–H groups in total. The lowest BCUT2D eigenvalue weighted by Gasteiger charge is -2.25. The molecular formula is C24H29N7O3. The number of amides is 1. The summed E-state index contributed by atoms with van der Waals surface area (Å²) in [5, 5.41) is 18.5. The zero-order chi connectivity index (χ0) is 24.1. The Hall–Kier alpha value is -3.92. The van der Waals surface area contributed by atoms with Gasteiger partial charge in [0.1, 0.15) is 12.6 Å². The molecule has 1 unspecified atom stereocenters. The third-order valence-electron chi connectivity index (χ3n) is 5.84. The lowest BCUT2D eigenvalue weighted by molar-refractivity contribution is -0.122. The van der Waals surface area contributed by atoms with Gasteiger partial charge in [0, 0.05) is 31.5 Å². The first-order chi connectivity index (χ1) is 16.4. The van der Waals surface area contributed by atoms with E-state index >= 15 is 0 Å². The lowest BCUT2D eigenvalue weighted by Crippen LogP contribution is -2.53. The van der Waals surface area contributed by atoms with Crippen molar-refractivity contribution in [1.82, 2.24) is 25.7 Å². The first-order valence-corrected chi connectivity index (χ1v) is 11.2. The first-order valence-electron chi connectivity index (χ1n) is 11.2. The second kappa shape index (κ2) is 10.3. The second-order valence-electron chi connectivity index (χ2n) is 8.31. The van der Waals surface area contributed by atoms with Crippen LogP contribution in [0.3, 0.4) is 0 Å². The topological polar surface area (TPSA) is 133 Å². The van der Waals surface area contributed by atoms with E-state index in [4.69, 9.17) is 10.2 Å². The van der Waals surface area contributed by atoms with Crippen molar-refractivity contribution in [3.63, 3.8) is 0 Å². The van der Waals surface area contributed by atoms with Crippen LogP contribution in [0.5, 0.6) is 0 Å². The Bertz CT molecular complexity index is 1260. The normalized spacial score (nSPS) is 15.5. The molecule has 1 aromatic heterocycles. The van der Waals surface area contributed by atoms with E-state index in [1.54, 1.807) is 13.1 Å². The summed E-state index contributed by atoms with van der Waals surface area (Å²) in [5.41, 5.74) is 5.11. The Morgan fingerprint density at radius 2 is 2.03 bits per heavy atom. The number of aromatic nitrogens is 2. The van der Waals surface area contributed by atoms with Crippen LogP contribution in [-0.4, -0.2) is 47.2 Å². The van der Waals surface area contributed by atoms with Gasteiger partial charge in [-0.2, -0.15) is 0 Å². The van der Waals surface area contributed by atoms with E-state index in [0.29, 0.717) is 18.8 Å². The molecule has 0 spiro atoms. The summed E-state index contributed by atoms with van der Waals surface area (Å²) in [6.07, 6.45) is 2.00. The summed E-state index contributed by atoms with van der Waals surface area (Å²) < 4.78 is 1.40. The minimum Gasteiger partial charge on any atom is -0.365 e. The van der Waals surface area contributed by atoms with E-state index in [1.807, 2.05) is 12.1 Å². The van der Waals surface area contributed by atoms with Crippen LogP contribution in [0, 0.1) is 19.3 Å². The molecule has 178 valence electrons. The van der Waals surface area contributed by atoms with E-state index in [2.05, 4.69) is 57.6 Å². The maximum atomic E-state index is 13.0. The van der Waals surface area contributed by atoms with Crippen LogP contribution in [-0.2, 0) is 22.6 Å². The summed E-state index contributed by atoms with van der Waals surface area (Å²) in [7, 11) is 0. The van der Waals surface area contributed by atoms with E-state index in [1.165, 1.54) is 26.5 Å². The standard InChI is InChI=1S/C24H29N7O3/c1-15-7-8-17(20-6-4-3-5-19(15)20)9-10-26-22-23(33)31(16(2)11-28-22)14-21(32)27-12-18-13-29-24(25)30-34-18/h3-8,11,18H,9-10,12-14H2,1-2H3,(H,26,28)(H,27,32)(H3,25,29,30). The van der Waals surface area contributed by atoms with E-state index in [-0.39, 0.29) is 42.4 Å². The number of benzene rings is 2. The van der Waals surface area contributed by atoms with Crippen molar-refractivity contribution in [1.29, 1.82) is 5.41 Å². The lowest BCUT2D eigenvalue weighted by atomic mass is 9.98. The van der Waals surface area contributed by atoms with Crippen molar-refractivity contribution in [3.8, 4) is 0 Å². The number of nitrogens with zero attached hydrogens (tertiary/aromatic N) is 2. The predicted octanol–water partition coefficient (Wildman–Crippen LogP) is 1.21. The Morgan fingerprint density at radius 3 is 2.79 bits per heavy atom. The summed E-state index contributed by atoms with van der Waals surface area (Å²) in [4.78, 5) is 34.9. The van der Waals surface area contributed by atoms with E-state index in [9.17, 15) is 9.59 Å². The summed E-state index contributed by atoms with van der Waals surface area (Å²) in [5.74, 6) is -0.00722. The predicted molar refractivity (Wildman–Crippen MR) is 131 cm³/mol. The number of carbonyl (C=O) groups is 1. The van der Waals surface area contributed by atoms with Gasteiger partial charge in [0.2, 0.25) is 11.9 Å². The van der Waals surface area contributed by atoms with Crippen LogP contribution in [0.4, 0.5) is 5.82 Å². The van der Waals surface area contributed by atoms with Crippen molar-refractivity contribution in [3.05, 3.63) is 69.8 Å². The number of anilines is 1. The van der Waals surface area contributed by atoms with Crippen LogP contribution in [0.1, 0.15) is 16.8 Å². The molecule has 4 rings (SSSR count). The van der Waals surface area contributed by atoms with Crippen LogP contribution in [0.2, 0.25) is 0 Å². The molecule has 2 heterocycles. The van der Waals surface area contributed by atoms with Crippen molar-refractivity contribution < 1.29 is 9.63 Å². The molecule has 1 aliphatic heterocycles. The Morgan fingerprint density at radius 1 is 1.24 bits per heavy atom. The highest BCUT2D eigenvalue weighted by Gasteiger charge is 2.18. The fourth-order valence-corrected chi connectivity index (χ4v) is 3.91. The molecule has 1 atom stereocenters. The number of hydroxylamine groups is 1. The monoisotopic (exact) mass is 463 g/mol. The molecule has 10 heteroatoms. The summed E-state index contributed by atoms with van der Waals surface area (Å²) in [6.45, 7) is 4.92. The summed E-state index contributed by atoms with van der Waals surface area (Å²) in [6, 6.07) is 12.5. The number of nitrogens with one attached hydrogen (secondary N) is 5. The minimum absolute atomic E-state index is 0.0807. The van der Waals surface area contributed by atoms with E-state index < -0.39 is 0 Å². The second-order valence-corrected chi connectivity index (χ2v) is 8.31. The minimum atomic E-state index is -0.338. The van der Waals surface area contributed by atoms with Gasteiger partial charge in [0.25, 0.3) is 5.56 Å². The molecule has 1 fully saturated rings. The van der Waals surface area contributed by atoms with Gasteiger partial charge in [-0.05, 0) is 42.2 Å². The maximum absolute atomic E-state index is 13.0. The quantitative estimate of drug-likeness (QED) is 0.339. The number of hydrogen-bond acceptors (Lipinski definition) is 6. The molecule has 2 aromatic carbocycles. The smallest absolute Gasteiger partial charge is 0.293 e. The Kier molecular flexibility index (Phi) is 7.07. The van der Waals surface area contributed by atoms with Gasteiger partial charge >= 0.3 is 0 Å². The number of rotatable bonds is 8. The maximum Gasteiger partial charge on any atom is 0.293 e. The van der Waals surface area contributed by atoms with Gasteiger partial charge < -0.3 is 16.0 Å². The average molecular weight is 464 g/mol. The SMILES string of the molecule is Cc1ccc(CCNc2ncc(C)n(CC(=O)NCC3CNC(=N)NO3)c2=O)c2ccccc12. The molecule has 1 aliphatic rings. The third-order valence-corrected chi connectivity index (χ3v) is 5.84. The van der Waals surface area contributed by atoms with Crippen LogP contribution in [0.15, 0.2) is 47.4 Å². The molecule has 3 aromatic rings. The van der Waals surface area contributed by atoms with Gasteiger partial charge in [-0.15, -0.1) is 0 Å². The Labute approximate surface area is 197 Å². The highest BCUT2D eigenvalue weighted by atomic mass is 16.7. The summed E-state index contributed by atoms with van der Waals surface area (Å²) >= 11 is 0. The molecule has 0 radical (unpaired) electrons. The van der Waals surface area contributed by atoms with Crippen LogP contribution >= 0.6 is 0 Å². The van der Waals surface area contributed by atoms with Crippen LogP contribution < -0.4 is 27.0 Å². The molecule has 0 saturated carbocycles. The zero-order valence-corrected chi connectivity index (χ0v) is 19.3. The molecule has 1 saturated heterocycles. The number of guanidine groups is 1. The molecule has 1 amide bonds. The number of fused-ring (bicyclic) bond motifs is 1. The Balaban J connectivity index is 1.37. The van der Waals surface area contributed by atoms with Gasteiger partial charge in [0.15, 0.2) is 5.82 Å². The van der Waals surface area contributed by atoms with Gasteiger partial charge in [-0.1, -0.05) is 36.4 Å². The largest absolute Gasteiger partial charge is 0.365 e. The van der Waals surface area contributed by atoms with Crippen LogP contribution in [0.25, 0.3) is 10.8 Å². The molecule has 34 heavy (non-hydrogen) atoms. The van der Waals surface area contributed by atoms with Crippen molar-refractivity contribution in [2.45, 2.75) is 32.9 Å².